The lowest BCUT2D eigenvalue weighted by Crippen LogP contribution is -2.55. The molecule has 122 valence electrons. The number of aromatic nitrogens is 2. The summed E-state index contributed by atoms with van der Waals surface area (Å²) >= 11 is 0. The second-order valence-electron chi connectivity index (χ2n) is 6.10. The predicted octanol–water partition coefficient (Wildman–Crippen LogP) is 2.32. The minimum absolute atomic E-state index is 0.0452. The summed E-state index contributed by atoms with van der Waals surface area (Å²) < 4.78 is 88.1. The Kier molecular flexibility index (Phi) is 1.70. The molecule has 23 heavy (non-hydrogen) atoms. The van der Waals surface area contributed by atoms with Gasteiger partial charge in [-0.15, -0.1) is 0 Å². The molecule has 0 radical (unpaired) electrons. The number of fused-ring (bicyclic) bond motifs is 3. The maximum atomic E-state index is 13.3. The number of carbonyl (C=O) groups is 1. The van der Waals surface area contributed by atoms with Crippen LogP contribution in [0.2, 0.25) is 0 Å². The number of nitrogens with zero attached hydrogens (tertiary/aromatic N) is 3. The van der Waals surface area contributed by atoms with Crippen LogP contribution >= 0.6 is 0 Å². The van der Waals surface area contributed by atoms with Crippen LogP contribution in [0.5, 0.6) is 0 Å². The van der Waals surface area contributed by atoms with Gasteiger partial charge in [0.2, 0.25) is 0 Å². The summed E-state index contributed by atoms with van der Waals surface area (Å²) in [5, 5.41) is 6.05. The lowest BCUT2D eigenvalue weighted by atomic mass is 9.82. The van der Waals surface area contributed by atoms with Crippen molar-refractivity contribution in [3.05, 3.63) is 29.9 Å². The van der Waals surface area contributed by atoms with Gasteiger partial charge in [-0.25, -0.2) is 0 Å². The average Bonchev–Trinajstić information content (AvgIpc) is 3.10. The number of carbonyl (C=O) groups excluding carboxylic acids is 1. The van der Waals surface area contributed by atoms with E-state index in [1.54, 1.807) is 0 Å². The lowest BCUT2D eigenvalue weighted by Gasteiger charge is -2.47. The van der Waals surface area contributed by atoms with Crippen molar-refractivity contribution < 1.29 is 19.9 Å². The second-order valence-corrected chi connectivity index (χ2v) is 6.10. The Hall–Kier alpha value is -1.88. The van der Waals surface area contributed by atoms with E-state index in [4.69, 9.17) is 15.1 Å². The molecule has 0 spiro atoms. The van der Waals surface area contributed by atoms with Crippen molar-refractivity contribution in [1.29, 1.82) is 0 Å². The van der Waals surface area contributed by atoms with Crippen molar-refractivity contribution in [2.75, 3.05) is 6.98 Å². The summed E-state index contributed by atoms with van der Waals surface area (Å²) in [5.74, 6) is -0.951. The van der Waals surface area contributed by atoms with E-state index in [1.165, 1.54) is 4.90 Å². The Morgan fingerprint density at radius 2 is 2.13 bits per heavy atom. The summed E-state index contributed by atoms with van der Waals surface area (Å²) in [5.41, 5.74) is -0.947. The van der Waals surface area contributed by atoms with Gasteiger partial charge in [0, 0.05) is 38.7 Å². The maximum absolute atomic E-state index is 13.3. The van der Waals surface area contributed by atoms with Gasteiger partial charge in [0.15, 0.2) is 5.69 Å². The molecule has 1 amide bonds. The van der Waals surface area contributed by atoms with E-state index < -0.39 is 73.3 Å². The molecule has 1 N–H and O–H groups in total. The maximum Gasteiger partial charge on any atom is 0.272 e. The van der Waals surface area contributed by atoms with Crippen molar-refractivity contribution in [1.82, 2.24) is 20.0 Å². The van der Waals surface area contributed by atoms with Crippen LogP contribution in [0.15, 0.2) is 24.2 Å². The summed E-state index contributed by atoms with van der Waals surface area (Å²) in [7, 11) is 0. The van der Waals surface area contributed by atoms with Gasteiger partial charge in [-0.3, -0.25) is 9.48 Å². The number of piperidine rings is 2. The minimum Gasteiger partial charge on any atom is -0.348 e. The van der Waals surface area contributed by atoms with Gasteiger partial charge in [0.05, 0.1) is 12.4 Å². The number of rotatable bonds is 2. The van der Waals surface area contributed by atoms with Gasteiger partial charge >= 0.3 is 0 Å². The Balaban J connectivity index is 1.75. The number of hydrogen-bond donors (Lipinski definition) is 1. The Morgan fingerprint density at radius 1 is 1.35 bits per heavy atom. The molecule has 3 heterocycles. The third-order valence-corrected chi connectivity index (χ3v) is 4.65. The number of aryl methyl sites for hydroxylation is 1. The van der Waals surface area contributed by atoms with E-state index in [2.05, 4.69) is 10.4 Å². The lowest BCUT2D eigenvalue weighted by molar-refractivity contribution is 0.0462. The molecule has 4 rings (SSSR count). The molecular weight excluding hydrogens is 288 g/mol. The fourth-order valence-corrected chi connectivity index (χ4v) is 3.54. The van der Waals surface area contributed by atoms with E-state index in [-0.39, 0.29) is 18.2 Å². The van der Waals surface area contributed by atoms with E-state index in [9.17, 15) is 4.79 Å². The first-order chi connectivity index (χ1) is 15.5. The summed E-state index contributed by atoms with van der Waals surface area (Å²) in [6.07, 6.45) is 2.04. The van der Waals surface area contributed by atoms with E-state index in [0.717, 1.165) is 6.42 Å². The molecule has 2 atom stereocenters. The van der Waals surface area contributed by atoms with Gasteiger partial charge < -0.3 is 10.2 Å². The quantitative estimate of drug-likeness (QED) is 0.923. The monoisotopic (exact) mass is 323 g/mol. The number of hydrogen-bond acceptors (Lipinski definition) is 3. The van der Waals surface area contributed by atoms with Crippen LogP contribution in [0.4, 0.5) is 0 Å². The minimum atomic E-state index is -2.92. The average molecular weight is 323 g/mol. The molecule has 0 saturated carbocycles. The molecular formula is C18H24N4O. The van der Waals surface area contributed by atoms with Crippen molar-refractivity contribution in [2.24, 2.45) is 6.98 Å². The summed E-state index contributed by atoms with van der Waals surface area (Å²) in [6, 6.07) is -4.96. The highest BCUT2D eigenvalue weighted by Gasteiger charge is 2.36. The highest BCUT2D eigenvalue weighted by Crippen LogP contribution is 2.32. The van der Waals surface area contributed by atoms with Crippen molar-refractivity contribution in [3.63, 3.8) is 0 Å². The molecule has 5 heteroatoms. The first-order valence-electron chi connectivity index (χ1n) is 13.2. The zero-order chi connectivity index (χ0) is 25.4. The standard InChI is InChI=1S/C18H24N4O/c1-21-13-6-5-7-14(21)11-12(10-13)19-18(23)17-15-8-3-4-9-16(15)22(2)20-17/h3-4,8-9,12-14H,5-7,10-11H2,1-2H3,(H,19,23)/t13-,14-/m1/s1/i1D3,2D3,3D,4D,8D,9D,12D. The van der Waals surface area contributed by atoms with Gasteiger partial charge in [-0.1, -0.05) is 24.5 Å². The van der Waals surface area contributed by atoms with Crippen LogP contribution in [0.1, 0.15) is 57.7 Å². The Labute approximate surface area is 152 Å². The first-order valence-corrected chi connectivity index (χ1v) is 7.66. The number of amides is 1. The molecule has 2 bridgehead atoms. The van der Waals surface area contributed by atoms with Crippen LogP contribution < -0.4 is 5.32 Å². The van der Waals surface area contributed by atoms with Gasteiger partial charge in [0.1, 0.15) is 0 Å². The molecule has 1 aromatic carbocycles. The third kappa shape index (κ3) is 2.53. The second kappa shape index (κ2) is 5.64. The van der Waals surface area contributed by atoms with Crippen LogP contribution in [0.25, 0.3) is 10.9 Å². The highest BCUT2D eigenvalue weighted by molar-refractivity contribution is 6.04. The molecule has 2 fully saturated rings. The van der Waals surface area contributed by atoms with Gasteiger partial charge in [-0.2, -0.15) is 5.10 Å². The molecule has 2 aromatic rings. The van der Waals surface area contributed by atoms with Crippen LogP contribution in [-0.2, 0) is 6.98 Å². The molecule has 0 aliphatic carbocycles. The van der Waals surface area contributed by atoms with E-state index >= 15 is 0 Å². The largest absolute Gasteiger partial charge is 0.348 e. The molecule has 1 aromatic heterocycles. The van der Waals surface area contributed by atoms with Crippen molar-refractivity contribution in [2.45, 2.75) is 50.2 Å². The van der Waals surface area contributed by atoms with Crippen molar-refractivity contribution in [3.8, 4) is 0 Å². The van der Waals surface area contributed by atoms with E-state index in [0.29, 0.717) is 17.5 Å². The molecule has 2 saturated heterocycles. The van der Waals surface area contributed by atoms with Crippen LogP contribution in [0, 0.1) is 0 Å². The molecule has 2 aliphatic rings. The van der Waals surface area contributed by atoms with Crippen LogP contribution in [-0.4, -0.2) is 45.7 Å². The van der Waals surface area contributed by atoms with Crippen LogP contribution in [0.3, 0.4) is 0 Å². The summed E-state index contributed by atoms with van der Waals surface area (Å²) in [6.45, 7) is -5.24. The fourth-order valence-electron chi connectivity index (χ4n) is 3.54. The third-order valence-electron chi connectivity index (χ3n) is 4.65. The zero-order valence-corrected chi connectivity index (χ0v) is 12.4. The normalized spacial score (nSPS) is 39.2. The van der Waals surface area contributed by atoms with E-state index in [1.807, 2.05) is 0 Å². The predicted molar refractivity (Wildman–Crippen MR) is 90.4 cm³/mol. The molecule has 0 unspecified atom stereocenters. The SMILES string of the molecule is [2H]c1c([2H])c([2H])c2c(c(C(=O)NC3([2H])C[C@H]4CCC[C@H](C3)N4C([2H])([2H])[2H])nn2C([2H])([2H])[2H])c1[2H]. The smallest absolute Gasteiger partial charge is 0.272 e. The molecule has 2 aliphatic heterocycles. The number of para-hydroxylation sites is 1. The highest BCUT2D eigenvalue weighted by atomic mass is 16.2. The number of nitrogens with one attached hydrogen (secondary N) is 1. The number of benzene rings is 1. The zero-order valence-electron chi connectivity index (χ0n) is 23.4. The Bertz CT molecular complexity index is 1140. The Morgan fingerprint density at radius 3 is 2.87 bits per heavy atom. The van der Waals surface area contributed by atoms with Gasteiger partial charge in [-0.05, 0) is 38.7 Å². The fraction of sp³-hybridized carbons (Fsp3) is 0.556. The topological polar surface area (TPSA) is 50.2 Å². The molecule has 5 nitrogen and oxygen atoms in total. The van der Waals surface area contributed by atoms with Crippen molar-refractivity contribution >= 4 is 16.8 Å². The first kappa shape index (κ1) is 6.93. The summed E-state index contributed by atoms with van der Waals surface area (Å²) in [4.78, 5) is 14.7. The van der Waals surface area contributed by atoms with Gasteiger partial charge in [0.25, 0.3) is 5.91 Å².